The Labute approximate surface area is 113 Å². The minimum absolute atomic E-state index is 0.668. The van der Waals surface area contributed by atoms with Crippen LogP contribution in [0.3, 0.4) is 0 Å². The second-order valence-electron chi connectivity index (χ2n) is 3.37. The molecular formula is C13H8ClIO. The molecule has 16 heavy (non-hydrogen) atoms. The van der Waals surface area contributed by atoms with E-state index in [1.165, 1.54) is 0 Å². The van der Waals surface area contributed by atoms with Crippen molar-refractivity contribution in [1.29, 1.82) is 0 Å². The van der Waals surface area contributed by atoms with Gasteiger partial charge in [-0.15, -0.1) is 0 Å². The first kappa shape index (κ1) is 11.6. The van der Waals surface area contributed by atoms with Gasteiger partial charge in [-0.3, -0.25) is 4.79 Å². The van der Waals surface area contributed by atoms with E-state index in [2.05, 4.69) is 22.6 Å². The molecule has 0 fully saturated rings. The summed E-state index contributed by atoms with van der Waals surface area (Å²) in [5, 5.41) is 0.696. The van der Waals surface area contributed by atoms with E-state index in [0.717, 1.165) is 21.0 Å². The van der Waals surface area contributed by atoms with E-state index >= 15 is 0 Å². The van der Waals surface area contributed by atoms with Crippen LogP contribution in [-0.4, -0.2) is 6.29 Å². The van der Waals surface area contributed by atoms with Crippen LogP contribution in [0.5, 0.6) is 0 Å². The molecule has 2 aromatic carbocycles. The monoisotopic (exact) mass is 342 g/mol. The summed E-state index contributed by atoms with van der Waals surface area (Å²) in [5.41, 5.74) is 2.59. The lowest BCUT2D eigenvalue weighted by molar-refractivity contribution is 0.112. The van der Waals surface area contributed by atoms with Gasteiger partial charge in [-0.2, -0.15) is 0 Å². The fourth-order valence-corrected chi connectivity index (χ4v) is 2.47. The van der Waals surface area contributed by atoms with E-state index in [-0.39, 0.29) is 0 Å². The molecule has 0 saturated carbocycles. The maximum absolute atomic E-state index is 10.8. The number of carbonyl (C=O) groups is 1. The first-order valence-electron chi connectivity index (χ1n) is 4.71. The van der Waals surface area contributed by atoms with Crippen molar-refractivity contribution in [3.8, 4) is 11.1 Å². The zero-order chi connectivity index (χ0) is 11.5. The average Bonchev–Trinajstić information content (AvgIpc) is 2.28. The van der Waals surface area contributed by atoms with Crippen LogP contribution in [0.15, 0.2) is 42.5 Å². The number of hydrogen-bond donors (Lipinski definition) is 0. The summed E-state index contributed by atoms with van der Waals surface area (Å²) in [6.45, 7) is 0. The third-order valence-corrected chi connectivity index (χ3v) is 3.19. The molecule has 0 atom stereocenters. The zero-order valence-corrected chi connectivity index (χ0v) is 11.2. The Hall–Kier alpha value is -0.870. The van der Waals surface area contributed by atoms with Crippen molar-refractivity contribution in [3.05, 3.63) is 56.6 Å². The molecule has 0 bridgehead atoms. The van der Waals surface area contributed by atoms with Crippen LogP contribution in [0.1, 0.15) is 10.4 Å². The fraction of sp³-hybridized carbons (Fsp3) is 0. The van der Waals surface area contributed by atoms with Crippen molar-refractivity contribution in [2.45, 2.75) is 0 Å². The largest absolute Gasteiger partial charge is 0.298 e. The van der Waals surface area contributed by atoms with E-state index < -0.39 is 0 Å². The molecule has 0 heterocycles. The standard InChI is InChI=1S/C13H8ClIO/c14-13-4-2-1-3-12(13)10-5-9(8-16)6-11(15)7-10/h1-8H. The van der Waals surface area contributed by atoms with Crippen molar-refractivity contribution in [2.24, 2.45) is 0 Å². The molecule has 2 aromatic rings. The van der Waals surface area contributed by atoms with Crippen LogP contribution in [0, 0.1) is 3.57 Å². The molecule has 0 N–H and O–H groups in total. The van der Waals surface area contributed by atoms with E-state index in [4.69, 9.17) is 11.6 Å². The second-order valence-corrected chi connectivity index (χ2v) is 5.02. The van der Waals surface area contributed by atoms with Gasteiger partial charge in [0.05, 0.1) is 0 Å². The third kappa shape index (κ3) is 2.44. The number of aldehydes is 1. The van der Waals surface area contributed by atoms with Gasteiger partial charge in [0, 0.05) is 19.7 Å². The van der Waals surface area contributed by atoms with Crippen molar-refractivity contribution in [3.63, 3.8) is 0 Å². The van der Waals surface area contributed by atoms with Gasteiger partial charge in [-0.05, 0) is 52.4 Å². The van der Waals surface area contributed by atoms with Gasteiger partial charge >= 0.3 is 0 Å². The summed E-state index contributed by atoms with van der Waals surface area (Å²) in [5.74, 6) is 0. The average molecular weight is 343 g/mol. The Morgan fingerprint density at radius 1 is 1.12 bits per heavy atom. The highest BCUT2D eigenvalue weighted by Gasteiger charge is 2.04. The molecule has 3 heteroatoms. The third-order valence-electron chi connectivity index (χ3n) is 2.24. The molecular weight excluding hydrogens is 334 g/mol. The lowest BCUT2D eigenvalue weighted by Crippen LogP contribution is -1.86. The van der Waals surface area contributed by atoms with Gasteiger partial charge in [0.15, 0.2) is 0 Å². The molecule has 0 aromatic heterocycles. The van der Waals surface area contributed by atoms with Gasteiger partial charge in [-0.1, -0.05) is 29.8 Å². The van der Waals surface area contributed by atoms with Crippen molar-refractivity contribution >= 4 is 40.5 Å². The second kappa shape index (κ2) is 4.97. The smallest absolute Gasteiger partial charge is 0.150 e. The molecule has 2 rings (SSSR count). The molecule has 0 aliphatic rings. The van der Waals surface area contributed by atoms with Crippen molar-refractivity contribution in [2.75, 3.05) is 0 Å². The van der Waals surface area contributed by atoms with E-state index in [1.807, 2.05) is 42.5 Å². The zero-order valence-electron chi connectivity index (χ0n) is 8.28. The Kier molecular flexibility index (Phi) is 3.61. The Morgan fingerprint density at radius 3 is 2.56 bits per heavy atom. The number of rotatable bonds is 2. The Balaban J connectivity index is 2.60. The molecule has 0 aliphatic carbocycles. The molecule has 0 radical (unpaired) electrons. The molecule has 0 amide bonds. The summed E-state index contributed by atoms with van der Waals surface area (Å²) < 4.78 is 1.03. The first-order valence-corrected chi connectivity index (χ1v) is 6.17. The number of carbonyl (C=O) groups excluding carboxylic acids is 1. The number of benzene rings is 2. The van der Waals surface area contributed by atoms with Crippen molar-refractivity contribution in [1.82, 2.24) is 0 Å². The predicted octanol–water partition coefficient (Wildman–Crippen LogP) is 4.42. The Morgan fingerprint density at radius 2 is 1.88 bits per heavy atom. The molecule has 0 aliphatic heterocycles. The van der Waals surface area contributed by atoms with Crippen LogP contribution in [-0.2, 0) is 0 Å². The maximum atomic E-state index is 10.8. The lowest BCUT2D eigenvalue weighted by Gasteiger charge is -2.05. The molecule has 1 nitrogen and oxygen atoms in total. The molecule has 0 saturated heterocycles. The quantitative estimate of drug-likeness (QED) is 0.583. The van der Waals surface area contributed by atoms with Gasteiger partial charge in [0.2, 0.25) is 0 Å². The van der Waals surface area contributed by atoms with Gasteiger partial charge in [0.25, 0.3) is 0 Å². The summed E-state index contributed by atoms with van der Waals surface area (Å²) in [6.07, 6.45) is 0.850. The predicted molar refractivity (Wildman–Crippen MR) is 75.0 cm³/mol. The first-order chi connectivity index (χ1) is 7.70. The van der Waals surface area contributed by atoms with Gasteiger partial charge in [-0.25, -0.2) is 0 Å². The summed E-state index contributed by atoms with van der Waals surface area (Å²) in [7, 11) is 0. The van der Waals surface area contributed by atoms with Crippen LogP contribution in [0.25, 0.3) is 11.1 Å². The van der Waals surface area contributed by atoms with Gasteiger partial charge in [0.1, 0.15) is 6.29 Å². The Bertz CT molecular complexity index is 537. The molecule has 80 valence electrons. The normalized spacial score (nSPS) is 10.1. The minimum atomic E-state index is 0.668. The highest BCUT2D eigenvalue weighted by molar-refractivity contribution is 14.1. The topological polar surface area (TPSA) is 17.1 Å². The van der Waals surface area contributed by atoms with Crippen LogP contribution in [0.4, 0.5) is 0 Å². The number of halogens is 2. The minimum Gasteiger partial charge on any atom is -0.298 e. The van der Waals surface area contributed by atoms with Gasteiger partial charge < -0.3 is 0 Å². The lowest BCUT2D eigenvalue weighted by atomic mass is 10.0. The highest BCUT2D eigenvalue weighted by atomic mass is 127. The molecule has 0 spiro atoms. The van der Waals surface area contributed by atoms with E-state index in [0.29, 0.717) is 10.6 Å². The van der Waals surface area contributed by atoms with E-state index in [9.17, 15) is 4.79 Å². The number of hydrogen-bond acceptors (Lipinski definition) is 1. The van der Waals surface area contributed by atoms with E-state index in [1.54, 1.807) is 0 Å². The summed E-state index contributed by atoms with van der Waals surface area (Å²) in [6, 6.07) is 13.3. The van der Waals surface area contributed by atoms with Crippen LogP contribution >= 0.6 is 34.2 Å². The maximum Gasteiger partial charge on any atom is 0.150 e. The molecule has 0 unspecified atom stereocenters. The summed E-state index contributed by atoms with van der Waals surface area (Å²) in [4.78, 5) is 10.8. The van der Waals surface area contributed by atoms with Crippen molar-refractivity contribution < 1.29 is 4.79 Å². The van der Waals surface area contributed by atoms with Crippen LogP contribution in [0.2, 0.25) is 5.02 Å². The van der Waals surface area contributed by atoms with Crippen LogP contribution < -0.4 is 0 Å². The summed E-state index contributed by atoms with van der Waals surface area (Å²) >= 11 is 8.31. The SMILES string of the molecule is O=Cc1cc(I)cc(-c2ccccc2Cl)c1. The highest BCUT2D eigenvalue weighted by Crippen LogP contribution is 2.29. The fourth-order valence-electron chi connectivity index (χ4n) is 1.53.